The van der Waals surface area contributed by atoms with Crippen LogP contribution in [0.15, 0.2) is 18.2 Å². The van der Waals surface area contributed by atoms with Gasteiger partial charge in [-0.1, -0.05) is 17.9 Å². The molecule has 4 N–H and O–H groups in total. The smallest absolute Gasteiger partial charge is 0.319 e. The Morgan fingerprint density at radius 3 is 2.88 bits per heavy atom. The van der Waals surface area contributed by atoms with Gasteiger partial charge in [-0.25, -0.2) is 4.79 Å². The van der Waals surface area contributed by atoms with Crippen LogP contribution in [0.3, 0.4) is 0 Å². The number of benzene rings is 1. The lowest BCUT2D eigenvalue weighted by Gasteiger charge is -2.07. The fourth-order valence-corrected chi connectivity index (χ4v) is 1.32. The number of aryl methyl sites for hydroxylation is 1. The molecule has 1 aromatic rings. The van der Waals surface area contributed by atoms with E-state index in [-0.39, 0.29) is 6.03 Å². The van der Waals surface area contributed by atoms with Gasteiger partial charge in [0.15, 0.2) is 0 Å². The number of rotatable bonds is 2. The van der Waals surface area contributed by atoms with Crippen molar-refractivity contribution in [2.45, 2.75) is 13.8 Å². The van der Waals surface area contributed by atoms with E-state index in [2.05, 4.69) is 22.5 Å². The van der Waals surface area contributed by atoms with Gasteiger partial charge < -0.3 is 16.4 Å². The summed E-state index contributed by atoms with van der Waals surface area (Å²) in [5, 5.41) is 5.40. The van der Waals surface area contributed by atoms with Gasteiger partial charge in [0.1, 0.15) is 0 Å². The standard InChI is InChI=1S/C13H17N3O/c1-3-15-13(17)16-12-7-6-10(2)11(9-12)5-4-8-14/h6-7,9H,3,8,14H2,1-2H3,(H2,15,16,17). The van der Waals surface area contributed by atoms with Crippen LogP contribution < -0.4 is 16.4 Å². The van der Waals surface area contributed by atoms with Gasteiger partial charge in [0, 0.05) is 17.8 Å². The summed E-state index contributed by atoms with van der Waals surface area (Å²) < 4.78 is 0. The lowest BCUT2D eigenvalue weighted by atomic mass is 10.1. The summed E-state index contributed by atoms with van der Waals surface area (Å²) in [4.78, 5) is 11.3. The quantitative estimate of drug-likeness (QED) is 0.674. The molecule has 2 amide bonds. The molecule has 0 aliphatic heterocycles. The molecule has 0 atom stereocenters. The number of amides is 2. The second kappa shape index (κ2) is 6.56. The van der Waals surface area contributed by atoms with E-state index in [9.17, 15) is 4.79 Å². The molecular weight excluding hydrogens is 214 g/mol. The maximum absolute atomic E-state index is 11.3. The third-order valence-electron chi connectivity index (χ3n) is 2.16. The average molecular weight is 231 g/mol. The van der Waals surface area contributed by atoms with Crippen LogP contribution in [-0.4, -0.2) is 19.1 Å². The highest BCUT2D eigenvalue weighted by Gasteiger charge is 2.01. The molecule has 4 heteroatoms. The second-order valence-corrected chi connectivity index (χ2v) is 3.52. The van der Waals surface area contributed by atoms with Crippen molar-refractivity contribution < 1.29 is 4.79 Å². The van der Waals surface area contributed by atoms with E-state index in [4.69, 9.17) is 5.73 Å². The van der Waals surface area contributed by atoms with Crippen LogP contribution in [0.4, 0.5) is 10.5 Å². The maximum atomic E-state index is 11.3. The van der Waals surface area contributed by atoms with Crippen LogP contribution in [0.25, 0.3) is 0 Å². The first kappa shape index (κ1) is 13.1. The third-order valence-corrected chi connectivity index (χ3v) is 2.16. The Bertz CT molecular complexity index is 457. The minimum Gasteiger partial charge on any atom is -0.338 e. The molecule has 0 spiro atoms. The average Bonchev–Trinajstić information content (AvgIpc) is 2.30. The Hall–Kier alpha value is -1.99. The third kappa shape index (κ3) is 4.17. The van der Waals surface area contributed by atoms with Crippen LogP contribution in [0.2, 0.25) is 0 Å². The van der Waals surface area contributed by atoms with E-state index < -0.39 is 0 Å². The van der Waals surface area contributed by atoms with Gasteiger partial charge in [-0.05, 0) is 31.5 Å². The van der Waals surface area contributed by atoms with Gasteiger partial charge in [0.2, 0.25) is 0 Å². The molecular formula is C13H17N3O. The van der Waals surface area contributed by atoms with Crippen molar-refractivity contribution in [3.8, 4) is 11.8 Å². The van der Waals surface area contributed by atoms with Crippen molar-refractivity contribution >= 4 is 11.7 Å². The van der Waals surface area contributed by atoms with Crippen LogP contribution in [0.5, 0.6) is 0 Å². The molecule has 0 saturated heterocycles. The van der Waals surface area contributed by atoms with Crippen molar-refractivity contribution in [2.24, 2.45) is 5.73 Å². The van der Waals surface area contributed by atoms with Crippen molar-refractivity contribution in [2.75, 3.05) is 18.4 Å². The fraction of sp³-hybridized carbons (Fsp3) is 0.308. The number of carbonyl (C=O) groups is 1. The minimum absolute atomic E-state index is 0.214. The fourth-order valence-electron chi connectivity index (χ4n) is 1.32. The topological polar surface area (TPSA) is 67.2 Å². The molecule has 0 bridgehead atoms. The summed E-state index contributed by atoms with van der Waals surface area (Å²) >= 11 is 0. The Balaban J connectivity index is 2.85. The van der Waals surface area contributed by atoms with Crippen LogP contribution in [0.1, 0.15) is 18.1 Å². The SMILES string of the molecule is CCNC(=O)Nc1ccc(C)c(C#CCN)c1. The number of urea groups is 1. The van der Waals surface area contributed by atoms with Crippen molar-refractivity contribution in [1.82, 2.24) is 5.32 Å². The molecule has 0 fully saturated rings. The monoisotopic (exact) mass is 231 g/mol. The number of hydrogen-bond acceptors (Lipinski definition) is 2. The maximum Gasteiger partial charge on any atom is 0.319 e. The molecule has 0 heterocycles. The van der Waals surface area contributed by atoms with Gasteiger partial charge >= 0.3 is 6.03 Å². The molecule has 0 unspecified atom stereocenters. The first-order chi connectivity index (χ1) is 8.17. The molecule has 17 heavy (non-hydrogen) atoms. The molecule has 0 aliphatic rings. The number of anilines is 1. The predicted molar refractivity (Wildman–Crippen MR) is 69.8 cm³/mol. The molecule has 4 nitrogen and oxygen atoms in total. The van der Waals surface area contributed by atoms with Gasteiger partial charge in [-0.2, -0.15) is 0 Å². The first-order valence-corrected chi connectivity index (χ1v) is 5.51. The predicted octanol–water partition coefficient (Wildman–Crippen LogP) is 1.45. The van der Waals surface area contributed by atoms with E-state index in [1.807, 2.05) is 32.0 Å². The van der Waals surface area contributed by atoms with Gasteiger partial charge in [-0.15, -0.1) is 0 Å². The zero-order valence-corrected chi connectivity index (χ0v) is 10.1. The molecule has 0 saturated carbocycles. The summed E-state index contributed by atoms with van der Waals surface area (Å²) in [5.74, 6) is 5.77. The minimum atomic E-state index is -0.214. The zero-order chi connectivity index (χ0) is 12.7. The van der Waals surface area contributed by atoms with E-state index in [0.29, 0.717) is 13.1 Å². The van der Waals surface area contributed by atoms with Gasteiger partial charge in [0.25, 0.3) is 0 Å². The number of hydrogen-bond donors (Lipinski definition) is 3. The Labute approximate surface area is 102 Å². The van der Waals surface area contributed by atoms with Crippen molar-refractivity contribution in [3.05, 3.63) is 29.3 Å². The highest BCUT2D eigenvalue weighted by Crippen LogP contribution is 2.14. The Kier molecular flexibility index (Phi) is 5.05. The van der Waals surface area contributed by atoms with E-state index >= 15 is 0 Å². The highest BCUT2D eigenvalue weighted by atomic mass is 16.2. The molecule has 0 aliphatic carbocycles. The first-order valence-electron chi connectivity index (χ1n) is 5.51. The molecule has 90 valence electrons. The Morgan fingerprint density at radius 1 is 1.47 bits per heavy atom. The zero-order valence-electron chi connectivity index (χ0n) is 10.1. The molecule has 0 aromatic heterocycles. The van der Waals surface area contributed by atoms with Crippen molar-refractivity contribution in [3.63, 3.8) is 0 Å². The number of nitrogens with two attached hydrogens (primary N) is 1. The lowest BCUT2D eigenvalue weighted by molar-refractivity contribution is 0.252. The summed E-state index contributed by atoms with van der Waals surface area (Å²) in [6.07, 6.45) is 0. The summed E-state index contributed by atoms with van der Waals surface area (Å²) in [7, 11) is 0. The molecule has 1 rings (SSSR count). The van der Waals surface area contributed by atoms with Gasteiger partial charge in [0.05, 0.1) is 6.54 Å². The van der Waals surface area contributed by atoms with Crippen molar-refractivity contribution in [1.29, 1.82) is 0 Å². The number of nitrogens with one attached hydrogen (secondary N) is 2. The van der Waals surface area contributed by atoms with Crippen LogP contribution >= 0.6 is 0 Å². The number of carbonyl (C=O) groups excluding carboxylic acids is 1. The summed E-state index contributed by atoms with van der Waals surface area (Å²) in [6, 6.07) is 5.39. The largest absolute Gasteiger partial charge is 0.338 e. The Morgan fingerprint density at radius 2 is 2.24 bits per heavy atom. The normalized spacial score (nSPS) is 9.12. The van der Waals surface area contributed by atoms with Crippen LogP contribution in [-0.2, 0) is 0 Å². The summed E-state index contributed by atoms with van der Waals surface area (Å²) in [5.41, 5.74) is 8.00. The molecule has 1 aromatic carbocycles. The highest BCUT2D eigenvalue weighted by molar-refractivity contribution is 5.89. The van der Waals surface area contributed by atoms with E-state index in [1.54, 1.807) is 0 Å². The van der Waals surface area contributed by atoms with E-state index in [0.717, 1.165) is 16.8 Å². The van der Waals surface area contributed by atoms with E-state index in [1.165, 1.54) is 0 Å². The van der Waals surface area contributed by atoms with Gasteiger partial charge in [-0.3, -0.25) is 0 Å². The molecule has 0 radical (unpaired) electrons. The summed E-state index contributed by atoms with van der Waals surface area (Å²) in [6.45, 7) is 4.76. The van der Waals surface area contributed by atoms with Crippen LogP contribution in [0, 0.1) is 18.8 Å². The lowest BCUT2D eigenvalue weighted by Crippen LogP contribution is -2.28. The second-order valence-electron chi connectivity index (χ2n) is 3.52.